The van der Waals surface area contributed by atoms with Crippen LogP contribution < -0.4 is 0 Å². The van der Waals surface area contributed by atoms with E-state index in [0.29, 0.717) is 4.58 Å². The summed E-state index contributed by atoms with van der Waals surface area (Å²) in [5, 5.41) is 0. The molecule has 1 aromatic rings. The monoisotopic (exact) mass is 238 g/mol. The van der Waals surface area contributed by atoms with Gasteiger partial charge in [0.1, 0.15) is 0 Å². The fourth-order valence-corrected chi connectivity index (χ4v) is 4.69. The van der Waals surface area contributed by atoms with E-state index in [4.69, 9.17) is 0 Å². The first-order chi connectivity index (χ1) is 7.25. The molecular weight excluding hydrogens is 220 g/mol. The molecule has 15 heavy (non-hydrogen) atoms. The molecular formula is C13H18S2. The molecule has 1 heterocycles. The van der Waals surface area contributed by atoms with Crippen molar-refractivity contribution in [1.82, 2.24) is 0 Å². The van der Waals surface area contributed by atoms with Crippen molar-refractivity contribution in [1.29, 1.82) is 0 Å². The van der Waals surface area contributed by atoms with Gasteiger partial charge in [-0.1, -0.05) is 38.1 Å². The summed E-state index contributed by atoms with van der Waals surface area (Å²) in [6.07, 6.45) is 1.20. The first-order valence-electron chi connectivity index (χ1n) is 5.58. The zero-order valence-electron chi connectivity index (χ0n) is 9.40. The molecule has 0 radical (unpaired) electrons. The summed E-state index contributed by atoms with van der Waals surface area (Å²) in [6.45, 7) is 4.55. The minimum atomic E-state index is 0.693. The van der Waals surface area contributed by atoms with Crippen LogP contribution in [0.1, 0.15) is 29.6 Å². The van der Waals surface area contributed by atoms with Crippen molar-refractivity contribution in [3.63, 3.8) is 0 Å². The maximum atomic E-state index is 2.31. The Bertz CT molecular complexity index is 297. The van der Waals surface area contributed by atoms with Crippen molar-refractivity contribution in [3.8, 4) is 0 Å². The van der Waals surface area contributed by atoms with Crippen molar-refractivity contribution in [2.45, 2.75) is 24.9 Å². The minimum Gasteiger partial charge on any atom is -0.142 e. The van der Waals surface area contributed by atoms with Gasteiger partial charge in [0.25, 0.3) is 0 Å². The molecule has 0 unspecified atom stereocenters. The predicted molar refractivity (Wildman–Crippen MR) is 72.6 cm³/mol. The molecule has 0 amide bonds. The van der Waals surface area contributed by atoms with Gasteiger partial charge in [0.2, 0.25) is 0 Å². The molecule has 0 bridgehead atoms. The van der Waals surface area contributed by atoms with Gasteiger partial charge in [-0.2, -0.15) is 0 Å². The fraction of sp³-hybridized carbons (Fsp3) is 0.538. The van der Waals surface area contributed by atoms with Gasteiger partial charge in [0.05, 0.1) is 4.58 Å². The van der Waals surface area contributed by atoms with E-state index in [1.807, 2.05) is 0 Å². The first-order valence-corrected chi connectivity index (χ1v) is 7.67. The third-order valence-electron chi connectivity index (χ3n) is 2.52. The van der Waals surface area contributed by atoms with Crippen LogP contribution in [0.25, 0.3) is 0 Å². The van der Waals surface area contributed by atoms with Gasteiger partial charge in [0.15, 0.2) is 0 Å². The van der Waals surface area contributed by atoms with Crippen LogP contribution in [0.5, 0.6) is 0 Å². The molecule has 0 aromatic heterocycles. The van der Waals surface area contributed by atoms with Crippen molar-refractivity contribution in [2.24, 2.45) is 5.92 Å². The van der Waals surface area contributed by atoms with E-state index >= 15 is 0 Å². The van der Waals surface area contributed by atoms with Gasteiger partial charge in [-0.15, -0.1) is 23.5 Å². The molecule has 2 rings (SSSR count). The molecule has 1 fully saturated rings. The second kappa shape index (κ2) is 5.31. The number of rotatable bonds is 3. The maximum absolute atomic E-state index is 2.31. The molecule has 1 saturated heterocycles. The summed E-state index contributed by atoms with van der Waals surface area (Å²) in [7, 11) is 0. The van der Waals surface area contributed by atoms with Crippen LogP contribution in [0.15, 0.2) is 24.3 Å². The molecule has 1 aliphatic heterocycles. The molecule has 0 aliphatic carbocycles. The summed E-state index contributed by atoms with van der Waals surface area (Å²) in [5.74, 6) is 3.37. The van der Waals surface area contributed by atoms with E-state index in [-0.39, 0.29) is 0 Å². The maximum Gasteiger partial charge on any atom is 0.0751 e. The van der Waals surface area contributed by atoms with Gasteiger partial charge < -0.3 is 0 Å². The van der Waals surface area contributed by atoms with Gasteiger partial charge in [0, 0.05) is 11.5 Å². The molecule has 82 valence electrons. The molecule has 0 atom stereocenters. The first kappa shape index (κ1) is 11.4. The summed E-state index contributed by atoms with van der Waals surface area (Å²) in [4.78, 5) is 0. The Labute approximate surface area is 101 Å². The molecule has 0 nitrogen and oxygen atoms in total. The van der Waals surface area contributed by atoms with Crippen LogP contribution in [-0.4, -0.2) is 11.5 Å². The molecule has 0 spiro atoms. The average molecular weight is 238 g/mol. The standard InChI is InChI=1S/C13H18S2/c1-10(2)9-11-3-5-12(6-4-11)13-14-7-8-15-13/h3-6,10,13H,7-9H2,1-2H3. The highest BCUT2D eigenvalue weighted by Gasteiger charge is 2.17. The van der Waals surface area contributed by atoms with E-state index in [1.165, 1.54) is 29.1 Å². The normalized spacial score (nSPS) is 17.5. The molecule has 0 N–H and O–H groups in total. The quantitative estimate of drug-likeness (QED) is 0.767. The van der Waals surface area contributed by atoms with E-state index in [2.05, 4.69) is 61.6 Å². The van der Waals surface area contributed by atoms with Gasteiger partial charge in [-0.25, -0.2) is 0 Å². The lowest BCUT2D eigenvalue weighted by Gasteiger charge is -2.10. The Kier molecular flexibility index (Phi) is 4.04. The largest absolute Gasteiger partial charge is 0.142 e. The number of hydrogen-bond acceptors (Lipinski definition) is 2. The van der Waals surface area contributed by atoms with Crippen molar-refractivity contribution < 1.29 is 0 Å². The second-order valence-electron chi connectivity index (χ2n) is 4.41. The van der Waals surface area contributed by atoms with Crippen LogP contribution in [0, 0.1) is 5.92 Å². The lowest BCUT2D eigenvalue weighted by molar-refractivity contribution is 0.647. The van der Waals surface area contributed by atoms with E-state index < -0.39 is 0 Å². The van der Waals surface area contributed by atoms with Crippen molar-refractivity contribution in [3.05, 3.63) is 35.4 Å². The van der Waals surface area contributed by atoms with E-state index in [9.17, 15) is 0 Å². The zero-order chi connectivity index (χ0) is 10.7. The molecule has 1 aromatic carbocycles. The van der Waals surface area contributed by atoms with Crippen LogP contribution in [-0.2, 0) is 6.42 Å². The second-order valence-corrected chi connectivity index (χ2v) is 7.14. The summed E-state index contributed by atoms with van der Waals surface area (Å²) >= 11 is 4.16. The Hall–Kier alpha value is -0.0800. The van der Waals surface area contributed by atoms with E-state index in [1.54, 1.807) is 0 Å². The molecule has 0 saturated carbocycles. The Morgan fingerprint density at radius 1 is 1.13 bits per heavy atom. The Morgan fingerprint density at radius 3 is 2.27 bits per heavy atom. The lowest BCUT2D eigenvalue weighted by atomic mass is 10.0. The number of thioether (sulfide) groups is 2. The highest BCUT2D eigenvalue weighted by Crippen LogP contribution is 2.45. The summed E-state index contributed by atoms with van der Waals surface area (Å²) < 4.78 is 0.693. The average Bonchev–Trinajstić information content (AvgIpc) is 2.71. The number of benzene rings is 1. The van der Waals surface area contributed by atoms with E-state index in [0.717, 1.165) is 5.92 Å². The van der Waals surface area contributed by atoms with Gasteiger partial charge in [-0.3, -0.25) is 0 Å². The minimum absolute atomic E-state index is 0.693. The fourth-order valence-electron chi connectivity index (χ4n) is 1.83. The topological polar surface area (TPSA) is 0 Å². The highest BCUT2D eigenvalue weighted by atomic mass is 32.2. The third kappa shape index (κ3) is 3.18. The Balaban J connectivity index is 2.03. The van der Waals surface area contributed by atoms with Crippen molar-refractivity contribution >= 4 is 23.5 Å². The van der Waals surface area contributed by atoms with Gasteiger partial charge >= 0.3 is 0 Å². The highest BCUT2D eigenvalue weighted by molar-refractivity contribution is 8.19. The van der Waals surface area contributed by atoms with Crippen molar-refractivity contribution in [2.75, 3.05) is 11.5 Å². The predicted octanol–water partition coefficient (Wildman–Crippen LogP) is 4.36. The van der Waals surface area contributed by atoms with Crippen LogP contribution in [0.2, 0.25) is 0 Å². The van der Waals surface area contributed by atoms with Crippen LogP contribution >= 0.6 is 23.5 Å². The third-order valence-corrected chi connectivity index (χ3v) is 5.62. The number of hydrogen-bond donors (Lipinski definition) is 0. The van der Waals surface area contributed by atoms with Gasteiger partial charge in [-0.05, 0) is 23.5 Å². The summed E-state index contributed by atoms with van der Waals surface area (Å²) in [5.41, 5.74) is 2.97. The zero-order valence-corrected chi connectivity index (χ0v) is 11.0. The van der Waals surface area contributed by atoms with Crippen LogP contribution in [0.3, 0.4) is 0 Å². The Morgan fingerprint density at radius 2 is 1.73 bits per heavy atom. The van der Waals surface area contributed by atoms with Crippen LogP contribution in [0.4, 0.5) is 0 Å². The SMILES string of the molecule is CC(C)Cc1ccc(C2SCCS2)cc1. The molecule has 2 heteroatoms. The molecule has 1 aliphatic rings. The summed E-state index contributed by atoms with van der Waals surface area (Å²) in [6, 6.07) is 9.23. The lowest BCUT2D eigenvalue weighted by Crippen LogP contribution is -1.94. The smallest absolute Gasteiger partial charge is 0.0751 e.